The van der Waals surface area contributed by atoms with Crippen molar-refractivity contribution in [2.75, 3.05) is 7.05 Å². The normalized spacial score (nSPS) is 19.2. The average Bonchev–Trinajstić information content (AvgIpc) is 2.53. The molecule has 1 aliphatic rings. The Balaban J connectivity index is 0.00000225. The molecule has 2 atom stereocenters. The van der Waals surface area contributed by atoms with Crippen molar-refractivity contribution in [3.63, 3.8) is 0 Å². The summed E-state index contributed by atoms with van der Waals surface area (Å²) in [6, 6.07) is 12.7. The van der Waals surface area contributed by atoms with Crippen LogP contribution < -0.4 is 14.8 Å². The third-order valence-electron chi connectivity index (χ3n) is 4.43. The Morgan fingerprint density at radius 3 is 2.52 bits per heavy atom. The maximum atomic E-state index is 13.3. The van der Waals surface area contributed by atoms with E-state index in [2.05, 4.69) is 25.2 Å². The maximum Gasteiger partial charge on any atom is 0.147 e. The lowest BCUT2D eigenvalue weighted by Gasteiger charge is -2.38. The van der Waals surface area contributed by atoms with Crippen LogP contribution in [0.4, 0.5) is 4.39 Å². The van der Waals surface area contributed by atoms with Crippen LogP contribution in [0.25, 0.3) is 0 Å². The fourth-order valence-corrected chi connectivity index (χ4v) is 3.16. The first kappa shape index (κ1) is 19.5. The van der Waals surface area contributed by atoms with Crippen molar-refractivity contribution in [2.45, 2.75) is 44.9 Å². The molecule has 0 fully saturated rings. The first-order valence-electron chi connectivity index (χ1n) is 8.30. The number of rotatable bonds is 4. The lowest BCUT2D eigenvalue weighted by Crippen LogP contribution is -2.35. The third-order valence-corrected chi connectivity index (χ3v) is 4.43. The molecule has 5 heteroatoms. The minimum absolute atomic E-state index is 0. The van der Waals surface area contributed by atoms with E-state index in [1.165, 1.54) is 12.1 Å². The van der Waals surface area contributed by atoms with E-state index in [9.17, 15) is 4.39 Å². The van der Waals surface area contributed by atoms with Gasteiger partial charge < -0.3 is 9.47 Å². The SMILES string of the molecule is CNC(C)Oc1ccc2c(c1)OC(C)(C)CC2c1ccc(F)cc1.Cl. The van der Waals surface area contributed by atoms with Crippen LogP contribution in [0.3, 0.4) is 0 Å². The molecule has 3 nitrogen and oxygen atoms in total. The molecule has 136 valence electrons. The second-order valence-electron chi connectivity index (χ2n) is 6.92. The summed E-state index contributed by atoms with van der Waals surface area (Å²) >= 11 is 0. The first-order valence-corrected chi connectivity index (χ1v) is 8.30. The summed E-state index contributed by atoms with van der Waals surface area (Å²) < 4.78 is 25.3. The molecule has 1 N–H and O–H groups in total. The molecule has 1 heterocycles. The van der Waals surface area contributed by atoms with Gasteiger partial charge in [-0.05, 0) is 58.0 Å². The molecule has 0 aliphatic carbocycles. The van der Waals surface area contributed by atoms with E-state index in [0.717, 1.165) is 29.0 Å². The van der Waals surface area contributed by atoms with Crippen molar-refractivity contribution in [1.29, 1.82) is 0 Å². The molecule has 3 rings (SSSR count). The van der Waals surface area contributed by atoms with Gasteiger partial charge in [-0.1, -0.05) is 18.2 Å². The van der Waals surface area contributed by atoms with Gasteiger partial charge in [0.05, 0.1) is 0 Å². The molecule has 2 unspecified atom stereocenters. The fraction of sp³-hybridized carbons (Fsp3) is 0.400. The van der Waals surface area contributed by atoms with Gasteiger partial charge in [-0.2, -0.15) is 0 Å². The maximum absolute atomic E-state index is 13.3. The van der Waals surface area contributed by atoms with E-state index >= 15 is 0 Å². The summed E-state index contributed by atoms with van der Waals surface area (Å²) in [6.45, 7) is 6.11. The van der Waals surface area contributed by atoms with Crippen LogP contribution in [-0.2, 0) is 0 Å². The minimum atomic E-state index is -0.292. The Morgan fingerprint density at radius 1 is 1.20 bits per heavy atom. The Bertz CT molecular complexity index is 718. The van der Waals surface area contributed by atoms with E-state index in [0.29, 0.717) is 0 Å². The van der Waals surface area contributed by atoms with Gasteiger partial charge in [0.1, 0.15) is 29.1 Å². The molecule has 25 heavy (non-hydrogen) atoms. The van der Waals surface area contributed by atoms with E-state index < -0.39 is 0 Å². The Morgan fingerprint density at radius 2 is 1.88 bits per heavy atom. The lowest BCUT2D eigenvalue weighted by molar-refractivity contribution is 0.0766. The molecule has 0 spiro atoms. The number of fused-ring (bicyclic) bond motifs is 1. The summed E-state index contributed by atoms with van der Waals surface area (Å²) in [4.78, 5) is 0. The second-order valence-corrected chi connectivity index (χ2v) is 6.92. The highest BCUT2D eigenvalue weighted by Gasteiger charge is 2.34. The van der Waals surface area contributed by atoms with Crippen LogP contribution in [-0.4, -0.2) is 18.9 Å². The highest BCUT2D eigenvalue weighted by molar-refractivity contribution is 5.85. The van der Waals surface area contributed by atoms with Crippen LogP contribution in [0.1, 0.15) is 44.2 Å². The van der Waals surface area contributed by atoms with E-state index in [1.54, 1.807) is 0 Å². The summed E-state index contributed by atoms with van der Waals surface area (Å²) in [5, 5.41) is 3.05. The van der Waals surface area contributed by atoms with Gasteiger partial charge in [-0.25, -0.2) is 4.39 Å². The number of ether oxygens (including phenoxy) is 2. The lowest BCUT2D eigenvalue weighted by atomic mass is 9.80. The van der Waals surface area contributed by atoms with Gasteiger partial charge in [-0.3, -0.25) is 5.32 Å². The predicted molar refractivity (Wildman–Crippen MR) is 100 cm³/mol. The molecule has 2 aromatic carbocycles. The van der Waals surface area contributed by atoms with Gasteiger partial charge >= 0.3 is 0 Å². The van der Waals surface area contributed by atoms with E-state index in [4.69, 9.17) is 9.47 Å². The summed E-state index contributed by atoms with van der Waals surface area (Å²) in [6.07, 6.45) is 0.770. The molecule has 0 amide bonds. The van der Waals surface area contributed by atoms with Gasteiger partial charge in [0.25, 0.3) is 0 Å². The molecule has 0 radical (unpaired) electrons. The van der Waals surface area contributed by atoms with Crippen molar-refractivity contribution in [3.05, 3.63) is 59.4 Å². The summed E-state index contributed by atoms with van der Waals surface area (Å²) in [7, 11) is 1.85. The molecular formula is C20H25ClFNO2. The number of nitrogens with one attached hydrogen (secondary N) is 1. The highest BCUT2D eigenvalue weighted by atomic mass is 35.5. The molecule has 0 saturated heterocycles. The van der Waals surface area contributed by atoms with Crippen LogP contribution in [0.5, 0.6) is 11.5 Å². The highest BCUT2D eigenvalue weighted by Crippen LogP contribution is 2.45. The number of halogens is 2. The van der Waals surface area contributed by atoms with Gasteiger partial charge in [0, 0.05) is 17.5 Å². The summed E-state index contributed by atoms with van der Waals surface area (Å²) in [5.41, 5.74) is 1.93. The smallest absolute Gasteiger partial charge is 0.147 e. The molecular weight excluding hydrogens is 341 g/mol. The Labute approximate surface area is 154 Å². The van der Waals surface area contributed by atoms with Gasteiger partial charge in [0.2, 0.25) is 0 Å². The van der Waals surface area contributed by atoms with Gasteiger partial charge in [-0.15, -0.1) is 12.4 Å². The quantitative estimate of drug-likeness (QED) is 0.783. The zero-order valence-electron chi connectivity index (χ0n) is 15.0. The zero-order chi connectivity index (χ0) is 17.3. The Kier molecular flexibility index (Phi) is 5.96. The van der Waals surface area contributed by atoms with Crippen LogP contribution in [0.2, 0.25) is 0 Å². The minimum Gasteiger partial charge on any atom is -0.487 e. The van der Waals surface area contributed by atoms with Crippen molar-refractivity contribution >= 4 is 12.4 Å². The molecule has 1 aliphatic heterocycles. The molecule has 0 bridgehead atoms. The second kappa shape index (κ2) is 7.63. The van der Waals surface area contributed by atoms with Gasteiger partial charge in [0.15, 0.2) is 0 Å². The van der Waals surface area contributed by atoms with Crippen LogP contribution in [0.15, 0.2) is 42.5 Å². The van der Waals surface area contributed by atoms with Crippen molar-refractivity contribution in [2.24, 2.45) is 0 Å². The van der Waals surface area contributed by atoms with Crippen molar-refractivity contribution < 1.29 is 13.9 Å². The molecule has 0 aromatic heterocycles. The summed E-state index contributed by atoms with van der Waals surface area (Å²) in [5.74, 6) is 1.57. The van der Waals surface area contributed by atoms with Crippen LogP contribution in [0, 0.1) is 5.82 Å². The van der Waals surface area contributed by atoms with Crippen molar-refractivity contribution in [3.8, 4) is 11.5 Å². The van der Waals surface area contributed by atoms with Crippen molar-refractivity contribution in [1.82, 2.24) is 5.32 Å². The van der Waals surface area contributed by atoms with Crippen LogP contribution >= 0.6 is 12.4 Å². The van der Waals surface area contributed by atoms with E-state index in [1.807, 2.05) is 38.2 Å². The molecule has 0 saturated carbocycles. The fourth-order valence-electron chi connectivity index (χ4n) is 3.16. The average molecular weight is 366 g/mol. The monoisotopic (exact) mass is 365 g/mol. The predicted octanol–water partition coefficient (Wildman–Crippen LogP) is 4.88. The first-order chi connectivity index (χ1) is 11.4. The number of hydrogen-bond donors (Lipinski definition) is 1. The standard InChI is InChI=1S/C20H24FNO2.ClH/c1-13(22-4)23-16-9-10-17-18(14-5-7-15(21)8-6-14)12-20(2,3)24-19(17)11-16;/h5-11,13,18,22H,12H2,1-4H3;1H. The zero-order valence-corrected chi connectivity index (χ0v) is 15.8. The number of hydrogen-bond acceptors (Lipinski definition) is 3. The van der Waals surface area contributed by atoms with E-state index in [-0.39, 0.29) is 36.0 Å². The Hall–Kier alpha value is -1.78. The molecule has 2 aromatic rings. The third kappa shape index (κ3) is 4.44. The number of benzene rings is 2. The largest absolute Gasteiger partial charge is 0.487 e. The topological polar surface area (TPSA) is 30.5 Å².